The average Bonchev–Trinajstić information content (AvgIpc) is 3.35. The molecule has 1 N–H and O–H groups in total. The quantitative estimate of drug-likeness (QED) is 0.330. The number of thiazole rings is 1. The Hall–Kier alpha value is -3.72. The molecule has 3 aromatic rings. The topological polar surface area (TPSA) is 93.1 Å². The maximum atomic E-state index is 12.4. The lowest BCUT2D eigenvalue weighted by molar-refractivity contribution is 0.0656. The summed E-state index contributed by atoms with van der Waals surface area (Å²) in [7, 11) is 3.19. The number of hydrogen-bond acceptors (Lipinski definition) is 8. The summed E-state index contributed by atoms with van der Waals surface area (Å²) in [5.74, 6) is 0.857. The third-order valence-electron chi connectivity index (χ3n) is 4.82. The molecule has 0 atom stereocenters. The number of methoxy groups -OCH3 is 2. The van der Waals surface area contributed by atoms with E-state index in [1.165, 1.54) is 16.2 Å². The van der Waals surface area contributed by atoms with Gasteiger partial charge in [-0.15, -0.1) is 11.3 Å². The van der Waals surface area contributed by atoms with E-state index in [1.807, 2.05) is 17.5 Å². The summed E-state index contributed by atoms with van der Waals surface area (Å²) >= 11 is 1.39. The highest BCUT2D eigenvalue weighted by molar-refractivity contribution is 7.13. The van der Waals surface area contributed by atoms with Gasteiger partial charge in [-0.25, -0.2) is 4.98 Å². The zero-order valence-corrected chi connectivity index (χ0v) is 17.8. The summed E-state index contributed by atoms with van der Waals surface area (Å²) in [5, 5.41) is 6.70. The Morgan fingerprint density at radius 2 is 1.84 bits per heavy atom. The number of benzene rings is 2. The number of carbonyl (C=O) groups is 2. The van der Waals surface area contributed by atoms with E-state index in [0.29, 0.717) is 34.2 Å². The SMILES string of the molecule is COc1ccc(OC)c(/C=N\Nc2nc(CCN3C(=O)c4ccccc4C3=O)cs2)c1. The lowest BCUT2D eigenvalue weighted by Crippen LogP contribution is -2.31. The number of aromatic nitrogens is 1. The Kier molecular flexibility index (Phi) is 5.94. The van der Waals surface area contributed by atoms with Crippen LogP contribution >= 0.6 is 11.3 Å². The Morgan fingerprint density at radius 3 is 2.52 bits per heavy atom. The van der Waals surface area contributed by atoms with Crippen LogP contribution in [0.4, 0.5) is 5.13 Å². The largest absolute Gasteiger partial charge is 0.497 e. The zero-order chi connectivity index (χ0) is 21.8. The molecule has 31 heavy (non-hydrogen) atoms. The minimum absolute atomic E-state index is 0.258. The summed E-state index contributed by atoms with van der Waals surface area (Å²) in [6, 6.07) is 12.3. The van der Waals surface area contributed by atoms with Crippen LogP contribution in [0.15, 0.2) is 52.9 Å². The Bertz CT molecular complexity index is 1120. The molecule has 2 aromatic carbocycles. The molecule has 0 fully saturated rings. The number of fused-ring (bicyclic) bond motifs is 1. The first-order valence-electron chi connectivity index (χ1n) is 9.51. The van der Waals surface area contributed by atoms with Gasteiger partial charge in [0.25, 0.3) is 11.8 Å². The van der Waals surface area contributed by atoms with Crippen LogP contribution < -0.4 is 14.9 Å². The number of hydrazone groups is 1. The summed E-state index contributed by atoms with van der Waals surface area (Å²) in [4.78, 5) is 30.6. The Balaban J connectivity index is 1.36. The third-order valence-corrected chi connectivity index (χ3v) is 5.62. The molecule has 0 aliphatic carbocycles. The fourth-order valence-corrected chi connectivity index (χ4v) is 3.93. The third kappa shape index (κ3) is 4.26. The second-order valence-corrected chi connectivity index (χ2v) is 7.54. The van der Waals surface area contributed by atoms with Crippen LogP contribution in [0.3, 0.4) is 0 Å². The predicted molar refractivity (Wildman–Crippen MR) is 118 cm³/mol. The fourth-order valence-electron chi connectivity index (χ4n) is 3.24. The van der Waals surface area contributed by atoms with Crippen LogP contribution in [-0.2, 0) is 6.42 Å². The van der Waals surface area contributed by atoms with Gasteiger partial charge in [0.1, 0.15) is 11.5 Å². The van der Waals surface area contributed by atoms with E-state index in [2.05, 4.69) is 15.5 Å². The molecule has 0 saturated heterocycles. The summed E-state index contributed by atoms with van der Waals surface area (Å²) < 4.78 is 10.6. The van der Waals surface area contributed by atoms with Gasteiger partial charge in [0.2, 0.25) is 5.13 Å². The van der Waals surface area contributed by atoms with E-state index in [-0.39, 0.29) is 18.4 Å². The van der Waals surface area contributed by atoms with E-state index in [9.17, 15) is 9.59 Å². The molecule has 0 saturated carbocycles. The maximum Gasteiger partial charge on any atom is 0.261 e. The van der Waals surface area contributed by atoms with Gasteiger partial charge >= 0.3 is 0 Å². The molecule has 2 heterocycles. The maximum absolute atomic E-state index is 12.4. The van der Waals surface area contributed by atoms with Crippen molar-refractivity contribution >= 4 is 34.5 Å². The molecule has 0 spiro atoms. The van der Waals surface area contributed by atoms with E-state index < -0.39 is 0 Å². The number of rotatable bonds is 8. The smallest absolute Gasteiger partial charge is 0.261 e. The molecule has 1 aromatic heterocycles. The highest BCUT2D eigenvalue weighted by atomic mass is 32.1. The molecule has 8 nitrogen and oxygen atoms in total. The second-order valence-electron chi connectivity index (χ2n) is 6.68. The number of nitrogens with one attached hydrogen (secondary N) is 1. The van der Waals surface area contributed by atoms with Crippen molar-refractivity contribution < 1.29 is 19.1 Å². The molecular formula is C22H20N4O4S. The van der Waals surface area contributed by atoms with Gasteiger partial charge in [-0.2, -0.15) is 5.10 Å². The number of amides is 2. The lowest BCUT2D eigenvalue weighted by atomic mass is 10.1. The Morgan fingerprint density at radius 1 is 1.10 bits per heavy atom. The van der Waals surface area contributed by atoms with Crippen molar-refractivity contribution in [1.82, 2.24) is 9.88 Å². The molecule has 0 radical (unpaired) electrons. The van der Waals surface area contributed by atoms with Gasteiger partial charge < -0.3 is 9.47 Å². The van der Waals surface area contributed by atoms with Gasteiger partial charge in [-0.05, 0) is 30.3 Å². The monoisotopic (exact) mass is 436 g/mol. The van der Waals surface area contributed by atoms with Crippen LogP contribution in [-0.4, -0.2) is 48.7 Å². The first kappa shape index (κ1) is 20.5. The molecule has 9 heteroatoms. The van der Waals surface area contributed by atoms with Gasteiger partial charge in [0, 0.05) is 23.9 Å². The van der Waals surface area contributed by atoms with Crippen molar-refractivity contribution in [3.63, 3.8) is 0 Å². The molecule has 4 rings (SSSR count). The second kappa shape index (κ2) is 8.97. The first-order valence-corrected chi connectivity index (χ1v) is 10.4. The zero-order valence-electron chi connectivity index (χ0n) is 17.0. The molecular weight excluding hydrogens is 416 g/mol. The van der Waals surface area contributed by atoms with Crippen LogP contribution in [0.1, 0.15) is 32.0 Å². The highest BCUT2D eigenvalue weighted by Gasteiger charge is 2.34. The number of imide groups is 1. The molecule has 0 unspecified atom stereocenters. The first-order chi connectivity index (χ1) is 15.1. The minimum Gasteiger partial charge on any atom is -0.497 e. The summed E-state index contributed by atoms with van der Waals surface area (Å²) in [6.45, 7) is 0.278. The van der Waals surface area contributed by atoms with E-state index in [4.69, 9.17) is 9.47 Å². The molecule has 2 amide bonds. The van der Waals surface area contributed by atoms with Gasteiger partial charge in [0.05, 0.1) is 37.3 Å². The fraction of sp³-hybridized carbons (Fsp3) is 0.182. The number of carbonyl (C=O) groups excluding carboxylic acids is 2. The number of ether oxygens (including phenoxy) is 2. The van der Waals surface area contributed by atoms with Crippen molar-refractivity contribution in [2.75, 3.05) is 26.2 Å². The van der Waals surface area contributed by atoms with Crippen molar-refractivity contribution in [1.29, 1.82) is 0 Å². The number of anilines is 1. The van der Waals surface area contributed by atoms with E-state index in [1.54, 1.807) is 50.8 Å². The van der Waals surface area contributed by atoms with E-state index >= 15 is 0 Å². The van der Waals surface area contributed by atoms with Crippen LogP contribution in [0.5, 0.6) is 11.5 Å². The normalized spacial score (nSPS) is 13.0. The van der Waals surface area contributed by atoms with Crippen molar-refractivity contribution in [2.45, 2.75) is 6.42 Å². The van der Waals surface area contributed by atoms with Crippen molar-refractivity contribution in [3.05, 3.63) is 70.2 Å². The predicted octanol–water partition coefficient (Wildman–Crippen LogP) is 3.45. The van der Waals surface area contributed by atoms with Gasteiger partial charge in [0.15, 0.2) is 0 Å². The molecule has 1 aliphatic heterocycles. The Labute approximate surface area is 183 Å². The lowest BCUT2D eigenvalue weighted by Gasteiger charge is -2.12. The van der Waals surface area contributed by atoms with Gasteiger partial charge in [-0.3, -0.25) is 19.9 Å². The summed E-state index contributed by atoms with van der Waals surface area (Å²) in [5.41, 5.74) is 5.34. The standard InChI is InChI=1S/C22H20N4O4S/c1-29-16-7-8-19(30-2)14(11-16)12-23-25-22-24-15(13-31-22)9-10-26-20(27)17-5-3-4-6-18(17)21(26)28/h3-8,11-13H,9-10H2,1-2H3,(H,24,25)/b23-12-. The number of nitrogens with zero attached hydrogens (tertiary/aromatic N) is 3. The van der Waals surface area contributed by atoms with Crippen LogP contribution in [0, 0.1) is 0 Å². The molecule has 1 aliphatic rings. The average molecular weight is 436 g/mol. The number of hydrogen-bond donors (Lipinski definition) is 1. The van der Waals surface area contributed by atoms with E-state index in [0.717, 1.165) is 11.3 Å². The molecule has 158 valence electrons. The minimum atomic E-state index is -0.258. The van der Waals surface area contributed by atoms with Crippen LogP contribution in [0.2, 0.25) is 0 Å². The molecule has 0 bridgehead atoms. The summed E-state index contributed by atoms with van der Waals surface area (Å²) in [6.07, 6.45) is 2.10. The highest BCUT2D eigenvalue weighted by Crippen LogP contribution is 2.24. The van der Waals surface area contributed by atoms with Gasteiger partial charge in [-0.1, -0.05) is 12.1 Å². The van der Waals surface area contributed by atoms with Crippen molar-refractivity contribution in [2.24, 2.45) is 5.10 Å². The van der Waals surface area contributed by atoms with Crippen molar-refractivity contribution in [3.8, 4) is 11.5 Å². The van der Waals surface area contributed by atoms with Crippen LogP contribution in [0.25, 0.3) is 0 Å².